The van der Waals surface area contributed by atoms with Crippen LogP contribution in [0.4, 0.5) is 5.69 Å². The van der Waals surface area contributed by atoms with Gasteiger partial charge in [-0.25, -0.2) is 0 Å². The molecule has 1 aliphatic rings. The molecule has 2 rings (SSSR count). The van der Waals surface area contributed by atoms with E-state index in [0.29, 0.717) is 29.2 Å². The molecule has 0 saturated carbocycles. The number of piperazine rings is 1. The fourth-order valence-corrected chi connectivity index (χ4v) is 2.87. The van der Waals surface area contributed by atoms with E-state index in [4.69, 9.17) is 14.2 Å². The number of benzene rings is 1. The number of nitrogens with one attached hydrogen (secondary N) is 1. The van der Waals surface area contributed by atoms with Gasteiger partial charge in [-0.1, -0.05) is 13.8 Å². The first kappa shape index (κ1) is 15.8. The highest BCUT2D eigenvalue weighted by Gasteiger charge is 2.27. The van der Waals surface area contributed by atoms with E-state index in [1.807, 2.05) is 12.1 Å². The zero-order valence-electron chi connectivity index (χ0n) is 13.6. The lowest BCUT2D eigenvalue weighted by Crippen LogP contribution is -2.53. The maximum absolute atomic E-state index is 5.46. The Hall–Kier alpha value is -1.62. The zero-order valence-corrected chi connectivity index (χ0v) is 13.6. The molecule has 118 valence electrons. The Labute approximate surface area is 127 Å². The minimum Gasteiger partial charge on any atom is -0.493 e. The van der Waals surface area contributed by atoms with Crippen molar-refractivity contribution in [1.82, 2.24) is 5.32 Å². The summed E-state index contributed by atoms with van der Waals surface area (Å²) in [4.78, 5) is 2.42. The van der Waals surface area contributed by atoms with Gasteiger partial charge >= 0.3 is 0 Å². The number of hydrogen-bond donors (Lipinski definition) is 1. The molecular formula is C16H26N2O3. The molecule has 1 N–H and O–H groups in total. The van der Waals surface area contributed by atoms with E-state index in [1.165, 1.54) is 0 Å². The highest BCUT2D eigenvalue weighted by molar-refractivity contribution is 5.64. The number of nitrogens with zero attached hydrogens (tertiary/aromatic N) is 1. The molecule has 1 atom stereocenters. The molecule has 0 amide bonds. The second-order valence-electron chi connectivity index (χ2n) is 5.59. The standard InChI is InChI=1S/C16H26N2O3/c1-11(2)13-10-17-6-7-18(13)12-8-14(19-3)16(21-5)15(9-12)20-4/h8-9,11,13,17H,6-7,10H2,1-5H3. The summed E-state index contributed by atoms with van der Waals surface area (Å²) in [6, 6.07) is 4.52. The van der Waals surface area contributed by atoms with Crippen LogP contribution >= 0.6 is 0 Å². The van der Waals surface area contributed by atoms with E-state index in [-0.39, 0.29) is 0 Å². The third-order valence-corrected chi connectivity index (χ3v) is 4.03. The molecule has 1 aromatic carbocycles. The van der Waals surface area contributed by atoms with Crippen LogP contribution < -0.4 is 24.4 Å². The molecule has 5 heteroatoms. The average molecular weight is 294 g/mol. The van der Waals surface area contributed by atoms with Crippen LogP contribution in [-0.2, 0) is 0 Å². The van der Waals surface area contributed by atoms with Gasteiger partial charge < -0.3 is 24.4 Å². The summed E-state index contributed by atoms with van der Waals surface area (Å²) >= 11 is 0. The average Bonchev–Trinajstić information content (AvgIpc) is 2.53. The third-order valence-electron chi connectivity index (χ3n) is 4.03. The Kier molecular flexibility index (Phi) is 5.17. The maximum atomic E-state index is 5.46. The monoisotopic (exact) mass is 294 g/mol. The third kappa shape index (κ3) is 3.18. The minimum absolute atomic E-state index is 0.460. The van der Waals surface area contributed by atoms with Gasteiger partial charge in [0.2, 0.25) is 5.75 Å². The van der Waals surface area contributed by atoms with Crippen LogP contribution in [0.2, 0.25) is 0 Å². The second kappa shape index (κ2) is 6.89. The number of ether oxygens (including phenoxy) is 3. The van der Waals surface area contributed by atoms with Crippen molar-refractivity contribution in [2.45, 2.75) is 19.9 Å². The number of hydrogen-bond acceptors (Lipinski definition) is 5. The number of anilines is 1. The molecule has 0 aromatic heterocycles. The van der Waals surface area contributed by atoms with Gasteiger partial charge in [0.05, 0.1) is 21.3 Å². The molecule has 0 radical (unpaired) electrons. The van der Waals surface area contributed by atoms with Crippen molar-refractivity contribution in [2.24, 2.45) is 5.92 Å². The van der Waals surface area contributed by atoms with Crippen LogP contribution in [-0.4, -0.2) is 47.0 Å². The van der Waals surface area contributed by atoms with E-state index < -0.39 is 0 Å². The Morgan fingerprint density at radius 1 is 1.10 bits per heavy atom. The summed E-state index contributed by atoms with van der Waals surface area (Å²) in [5, 5.41) is 3.47. The second-order valence-corrected chi connectivity index (χ2v) is 5.59. The molecule has 1 heterocycles. The van der Waals surface area contributed by atoms with Gasteiger partial charge in [0.25, 0.3) is 0 Å². The Balaban J connectivity index is 2.42. The first-order valence-corrected chi connectivity index (χ1v) is 7.39. The van der Waals surface area contributed by atoms with E-state index in [0.717, 1.165) is 25.3 Å². The van der Waals surface area contributed by atoms with Crippen LogP contribution in [0.5, 0.6) is 17.2 Å². The number of rotatable bonds is 5. The van der Waals surface area contributed by atoms with Crippen molar-refractivity contribution in [1.29, 1.82) is 0 Å². The zero-order chi connectivity index (χ0) is 15.4. The molecule has 5 nitrogen and oxygen atoms in total. The Morgan fingerprint density at radius 2 is 1.71 bits per heavy atom. The van der Waals surface area contributed by atoms with Gasteiger partial charge in [0, 0.05) is 43.5 Å². The summed E-state index contributed by atoms with van der Waals surface area (Å²) in [5.41, 5.74) is 1.12. The first-order valence-electron chi connectivity index (χ1n) is 7.39. The molecule has 1 aromatic rings. The molecule has 1 aliphatic heterocycles. The van der Waals surface area contributed by atoms with Crippen molar-refractivity contribution in [3.05, 3.63) is 12.1 Å². The molecule has 1 fully saturated rings. The summed E-state index contributed by atoms with van der Waals surface area (Å²) in [6.07, 6.45) is 0. The highest BCUT2D eigenvalue weighted by Crippen LogP contribution is 2.41. The van der Waals surface area contributed by atoms with E-state index >= 15 is 0 Å². The van der Waals surface area contributed by atoms with Gasteiger partial charge in [-0.2, -0.15) is 0 Å². The van der Waals surface area contributed by atoms with E-state index in [2.05, 4.69) is 24.1 Å². The lowest BCUT2D eigenvalue weighted by molar-refractivity contribution is 0.323. The normalized spacial score (nSPS) is 18.8. The topological polar surface area (TPSA) is 43.0 Å². The Morgan fingerprint density at radius 3 is 2.19 bits per heavy atom. The molecule has 0 aliphatic carbocycles. The van der Waals surface area contributed by atoms with Crippen molar-refractivity contribution in [2.75, 3.05) is 45.9 Å². The molecular weight excluding hydrogens is 268 g/mol. The van der Waals surface area contributed by atoms with E-state index in [9.17, 15) is 0 Å². The largest absolute Gasteiger partial charge is 0.493 e. The van der Waals surface area contributed by atoms with Crippen molar-refractivity contribution in [3.8, 4) is 17.2 Å². The van der Waals surface area contributed by atoms with E-state index in [1.54, 1.807) is 21.3 Å². The van der Waals surface area contributed by atoms with Crippen LogP contribution in [0.15, 0.2) is 12.1 Å². The van der Waals surface area contributed by atoms with Crippen molar-refractivity contribution >= 4 is 5.69 Å². The number of methoxy groups -OCH3 is 3. The lowest BCUT2D eigenvalue weighted by atomic mass is 9.99. The van der Waals surface area contributed by atoms with Crippen LogP contribution in [0.25, 0.3) is 0 Å². The van der Waals surface area contributed by atoms with Gasteiger partial charge in [-0.05, 0) is 5.92 Å². The predicted octanol–water partition coefficient (Wildman–Crippen LogP) is 2.15. The maximum Gasteiger partial charge on any atom is 0.203 e. The minimum atomic E-state index is 0.460. The lowest BCUT2D eigenvalue weighted by Gasteiger charge is -2.40. The van der Waals surface area contributed by atoms with Crippen LogP contribution in [0.3, 0.4) is 0 Å². The summed E-state index contributed by atoms with van der Waals surface area (Å²) in [5.74, 6) is 2.61. The van der Waals surface area contributed by atoms with Crippen LogP contribution in [0, 0.1) is 5.92 Å². The summed E-state index contributed by atoms with van der Waals surface area (Å²) in [7, 11) is 4.93. The summed E-state index contributed by atoms with van der Waals surface area (Å²) < 4.78 is 16.3. The molecule has 1 saturated heterocycles. The van der Waals surface area contributed by atoms with Gasteiger partial charge in [-0.15, -0.1) is 0 Å². The van der Waals surface area contributed by atoms with Gasteiger partial charge in [-0.3, -0.25) is 0 Å². The van der Waals surface area contributed by atoms with Gasteiger partial charge in [0.1, 0.15) is 0 Å². The molecule has 1 unspecified atom stereocenters. The molecule has 0 spiro atoms. The molecule has 0 bridgehead atoms. The fourth-order valence-electron chi connectivity index (χ4n) is 2.87. The highest BCUT2D eigenvalue weighted by atomic mass is 16.5. The fraction of sp³-hybridized carbons (Fsp3) is 0.625. The van der Waals surface area contributed by atoms with Gasteiger partial charge in [0.15, 0.2) is 11.5 Å². The smallest absolute Gasteiger partial charge is 0.203 e. The first-order chi connectivity index (χ1) is 10.1. The molecule has 21 heavy (non-hydrogen) atoms. The Bertz CT molecular complexity index is 452. The SMILES string of the molecule is COc1cc(N2CCNCC2C(C)C)cc(OC)c1OC. The van der Waals surface area contributed by atoms with Crippen molar-refractivity contribution in [3.63, 3.8) is 0 Å². The predicted molar refractivity (Wildman–Crippen MR) is 84.9 cm³/mol. The quantitative estimate of drug-likeness (QED) is 0.901. The van der Waals surface area contributed by atoms with Crippen molar-refractivity contribution < 1.29 is 14.2 Å². The van der Waals surface area contributed by atoms with Crippen LogP contribution in [0.1, 0.15) is 13.8 Å². The summed E-state index contributed by atoms with van der Waals surface area (Å²) in [6.45, 7) is 7.46.